The number of hydrogen-bond donors (Lipinski definition) is 1. The molecule has 1 heterocycles. The fourth-order valence-corrected chi connectivity index (χ4v) is 3.65. The summed E-state index contributed by atoms with van der Waals surface area (Å²) in [5.41, 5.74) is 3.14. The fraction of sp³-hybridized carbons (Fsp3) is 0.556. The molecule has 5 heteroatoms. The molecule has 1 saturated carbocycles. The first-order valence-electron chi connectivity index (χ1n) is 8.31. The monoisotopic (exact) mass is 316 g/mol. The highest BCUT2D eigenvalue weighted by molar-refractivity contribution is 5.95. The molecular formula is C18H24N2O3. The van der Waals surface area contributed by atoms with Gasteiger partial charge in [-0.15, -0.1) is 0 Å². The fourth-order valence-electron chi connectivity index (χ4n) is 3.65. The molecule has 1 fully saturated rings. The number of nitrogens with one attached hydrogen (secondary N) is 1. The van der Waals surface area contributed by atoms with Gasteiger partial charge in [-0.3, -0.25) is 9.59 Å². The van der Waals surface area contributed by atoms with Gasteiger partial charge in [-0.2, -0.15) is 0 Å². The van der Waals surface area contributed by atoms with E-state index in [0.29, 0.717) is 12.0 Å². The number of anilines is 1. The predicted octanol–water partition coefficient (Wildman–Crippen LogP) is 2.14. The standard InChI is InChI=1S/C18H24N2O3/c1-20-9-8-12-6-7-13(11-16(12)20)17(21)19-15-5-3-4-14(10-15)18(22)23-2/h6-7,11,14-15H,3-5,8-10H2,1-2H3,(H,19,21)/t14-,15+/m1/s1. The summed E-state index contributed by atoms with van der Waals surface area (Å²) in [7, 11) is 3.47. The zero-order valence-corrected chi connectivity index (χ0v) is 13.8. The first kappa shape index (κ1) is 15.8. The number of carbonyl (C=O) groups excluding carboxylic acids is 2. The smallest absolute Gasteiger partial charge is 0.308 e. The molecular weight excluding hydrogens is 292 g/mol. The van der Waals surface area contributed by atoms with Crippen molar-refractivity contribution < 1.29 is 14.3 Å². The number of nitrogens with zero attached hydrogens (tertiary/aromatic N) is 1. The summed E-state index contributed by atoms with van der Waals surface area (Å²) in [5.74, 6) is -0.308. The van der Waals surface area contributed by atoms with Gasteiger partial charge < -0.3 is 15.0 Å². The van der Waals surface area contributed by atoms with Gasteiger partial charge in [0, 0.05) is 30.9 Å². The molecule has 0 spiro atoms. The zero-order valence-electron chi connectivity index (χ0n) is 13.8. The maximum Gasteiger partial charge on any atom is 0.308 e. The lowest BCUT2D eigenvalue weighted by atomic mass is 9.85. The first-order chi connectivity index (χ1) is 11.1. The van der Waals surface area contributed by atoms with Gasteiger partial charge in [0.2, 0.25) is 0 Å². The van der Waals surface area contributed by atoms with Crippen LogP contribution in [0.1, 0.15) is 41.6 Å². The highest BCUT2D eigenvalue weighted by atomic mass is 16.5. The Balaban J connectivity index is 1.65. The van der Waals surface area contributed by atoms with E-state index in [9.17, 15) is 9.59 Å². The lowest BCUT2D eigenvalue weighted by Crippen LogP contribution is -2.40. The summed E-state index contributed by atoms with van der Waals surface area (Å²) in [6, 6.07) is 5.96. The van der Waals surface area contributed by atoms with Crippen LogP contribution in [0, 0.1) is 5.92 Å². The van der Waals surface area contributed by atoms with Crippen LogP contribution in [-0.4, -0.2) is 38.6 Å². The zero-order chi connectivity index (χ0) is 16.4. The van der Waals surface area contributed by atoms with E-state index in [1.807, 2.05) is 18.2 Å². The molecule has 0 unspecified atom stereocenters. The minimum Gasteiger partial charge on any atom is -0.469 e. The normalized spacial score (nSPS) is 23.3. The van der Waals surface area contributed by atoms with E-state index in [-0.39, 0.29) is 23.8 Å². The van der Waals surface area contributed by atoms with E-state index in [0.717, 1.165) is 37.9 Å². The summed E-state index contributed by atoms with van der Waals surface area (Å²) >= 11 is 0. The molecule has 1 amide bonds. The molecule has 2 aliphatic rings. The van der Waals surface area contributed by atoms with Gasteiger partial charge in [0.05, 0.1) is 13.0 Å². The maximum absolute atomic E-state index is 12.5. The van der Waals surface area contributed by atoms with Crippen LogP contribution < -0.4 is 10.2 Å². The average molecular weight is 316 g/mol. The number of benzene rings is 1. The van der Waals surface area contributed by atoms with Crippen molar-refractivity contribution in [3.8, 4) is 0 Å². The number of methoxy groups -OCH3 is 1. The number of hydrogen-bond acceptors (Lipinski definition) is 4. The van der Waals surface area contributed by atoms with E-state index >= 15 is 0 Å². The SMILES string of the molecule is COC(=O)[C@@H]1CCC[C@H](NC(=O)c2ccc3c(c2)N(C)CC3)C1. The Morgan fingerprint density at radius 1 is 1.30 bits per heavy atom. The lowest BCUT2D eigenvalue weighted by molar-refractivity contribution is -0.146. The predicted molar refractivity (Wildman–Crippen MR) is 88.6 cm³/mol. The van der Waals surface area contributed by atoms with Crippen LogP contribution in [0.25, 0.3) is 0 Å². The Morgan fingerprint density at radius 3 is 2.91 bits per heavy atom. The minimum absolute atomic E-state index is 0.0475. The van der Waals surface area contributed by atoms with Crippen molar-refractivity contribution in [2.75, 3.05) is 25.6 Å². The Kier molecular flexibility index (Phi) is 4.55. The largest absolute Gasteiger partial charge is 0.469 e. The van der Waals surface area contributed by atoms with Gasteiger partial charge in [-0.05, 0) is 43.4 Å². The summed E-state index contributed by atoms with van der Waals surface area (Å²) in [4.78, 5) is 26.4. The van der Waals surface area contributed by atoms with Gasteiger partial charge >= 0.3 is 5.97 Å². The Hall–Kier alpha value is -2.04. The van der Waals surface area contributed by atoms with Gasteiger partial charge in [0.1, 0.15) is 0 Å². The van der Waals surface area contributed by atoms with Crippen molar-refractivity contribution in [2.45, 2.75) is 38.1 Å². The molecule has 1 aromatic rings. The molecule has 1 N–H and O–H groups in total. The Bertz CT molecular complexity index is 614. The third kappa shape index (κ3) is 3.33. The van der Waals surface area contributed by atoms with Crippen molar-refractivity contribution in [1.82, 2.24) is 5.32 Å². The summed E-state index contributed by atoms with van der Waals surface area (Å²) in [6.45, 7) is 1.00. The number of fused-ring (bicyclic) bond motifs is 1. The maximum atomic E-state index is 12.5. The number of likely N-dealkylation sites (N-methyl/N-ethyl adjacent to an activating group) is 1. The molecule has 0 saturated heterocycles. The summed E-state index contributed by atoms with van der Waals surface area (Å²) < 4.78 is 4.83. The highest BCUT2D eigenvalue weighted by Gasteiger charge is 2.29. The number of carbonyl (C=O) groups is 2. The van der Waals surface area contributed by atoms with E-state index in [2.05, 4.69) is 17.3 Å². The molecule has 0 bridgehead atoms. The third-order valence-electron chi connectivity index (χ3n) is 5.02. The molecule has 124 valence electrons. The molecule has 23 heavy (non-hydrogen) atoms. The van der Waals surface area contributed by atoms with Crippen LogP contribution in [0.15, 0.2) is 18.2 Å². The van der Waals surface area contributed by atoms with Crippen molar-refractivity contribution in [3.05, 3.63) is 29.3 Å². The first-order valence-corrected chi connectivity index (χ1v) is 8.31. The van der Waals surface area contributed by atoms with Crippen LogP contribution in [0.3, 0.4) is 0 Å². The molecule has 1 aliphatic heterocycles. The molecule has 1 aromatic carbocycles. The Morgan fingerprint density at radius 2 is 2.13 bits per heavy atom. The quantitative estimate of drug-likeness (QED) is 0.868. The van der Waals surface area contributed by atoms with E-state index < -0.39 is 0 Å². The van der Waals surface area contributed by atoms with Crippen LogP contribution in [0.4, 0.5) is 5.69 Å². The number of ether oxygens (including phenoxy) is 1. The van der Waals surface area contributed by atoms with Crippen LogP contribution >= 0.6 is 0 Å². The molecule has 5 nitrogen and oxygen atoms in total. The average Bonchev–Trinajstić information content (AvgIpc) is 2.95. The summed E-state index contributed by atoms with van der Waals surface area (Å²) in [5, 5.41) is 3.08. The second kappa shape index (κ2) is 6.60. The molecule has 0 radical (unpaired) electrons. The number of esters is 1. The van der Waals surface area contributed by atoms with Crippen molar-refractivity contribution in [2.24, 2.45) is 5.92 Å². The van der Waals surface area contributed by atoms with E-state index in [1.165, 1.54) is 12.7 Å². The Labute approximate surface area is 137 Å². The van der Waals surface area contributed by atoms with Crippen molar-refractivity contribution in [3.63, 3.8) is 0 Å². The number of amides is 1. The van der Waals surface area contributed by atoms with E-state index in [1.54, 1.807) is 0 Å². The summed E-state index contributed by atoms with van der Waals surface area (Å²) in [6.07, 6.45) is 4.42. The third-order valence-corrected chi connectivity index (χ3v) is 5.02. The highest BCUT2D eigenvalue weighted by Crippen LogP contribution is 2.28. The molecule has 3 rings (SSSR count). The second-order valence-electron chi connectivity index (χ2n) is 6.57. The van der Waals surface area contributed by atoms with Gasteiger partial charge in [0.15, 0.2) is 0 Å². The van der Waals surface area contributed by atoms with Crippen LogP contribution in [-0.2, 0) is 16.0 Å². The molecule has 2 atom stereocenters. The van der Waals surface area contributed by atoms with Crippen molar-refractivity contribution >= 4 is 17.6 Å². The second-order valence-corrected chi connectivity index (χ2v) is 6.57. The van der Waals surface area contributed by atoms with Crippen molar-refractivity contribution in [1.29, 1.82) is 0 Å². The van der Waals surface area contributed by atoms with Crippen LogP contribution in [0.5, 0.6) is 0 Å². The molecule has 0 aromatic heterocycles. The topological polar surface area (TPSA) is 58.6 Å². The van der Waals surface area contributed by atoms with E-state index in [4.69, 9.17) is 4.74 Å². The van der Waals surface area contributed by atoms with Crippen LogP contribution in [0.2, 0.25) is 0 Å². The lowest BCUT2D eigenvalue weighted by Gasteiger charge is -2.28. The molecule has 1 aliphatic carbocycles. The minimum atomic E-state index is -0.164. The van der Waals surface area contributed by atoms with Gasteiger partial charge in [-0.25, -0.2) is 0 Å². The number of rotatable bonds is 3. The van der Waals surface area contributed by atoms with Gasteiger partial charge in [0.25, 0.3) is 5.91 Å². The van der Waals surface area contributed by atoms with Gasteiger partial charge in [-0.1, -0.05) is 12.5 Å².